The first-order valence-electron chi connectivity index (χ1n) is 5.82. The molecule has 5 nitrogen and oxygen atoms in total. The highest BCUT2D eigenvalue weighted by atomic mass is 16.5. The van der Waals surface area contributed by atoms with Gasteiger partial charge in [0.05, 0.1) is 7.11 Å². The van der Waals surface area contributed by atoms with Crippen LogP contribution in [-0.2, 0) is 10.3 Å². The first-order valence-corrected chi connectivity index (χ1v) is 5.82. The standard InChI is InChI=1S/C13H16N2O3/c1-4-13(11(16)14-12(17)15-13)9-5-6-10(18-3)8(2)7-9/h5-7H,4H2,1-3H3,(H2,14,15,16,17)/t13-/m1/s1. The minimum Gasteiger partial charge on any atom is -0.496 e. The number of amides is 3. The Balaban J connectivity index is 2.48. The lowest BCUT2D eigenvalue weighted by atomic mass is 9.86. The third-order valence-corrected chi connectivity index (χ3v) is 3.36. The van der Waals surface area contributed by atoms with Gasteiger partial charge in [-0.15, -0.1) is 0 Å². The van der Waals surface area contributed by atoms with E-state index in [1.807, 2.05) is 19.9 Å². The minimum atomic E-state index is -0.964. The van der Waals surface area contributed by atoms with E-state index in [1.54, 1.807) is 19.2 Å². The van der Waals surface area contributed by atoms with Crippen LogP contribution < -0.4 is 15.4 Å². The van der Waals surface area contributed by atoms with E-state index in [4.69, 9.17) is 4.74 Å². The zero-order valence-corrected chi connectivity index (χ0v) is 10.7. The maximum Gasteiger partial charge on any atom is 0.322 e. The Kier molecular flexibility index (Phi) is 2.98. The predicted octanol–water partition coefficient (Wildman–Crippen LogP) is 1.45. The topological polar surface area (TPSA) is 67.4 Å². The van der Waals surface area contributed by atoms with Crippen molar-refractivity contribution in [1.29, 1.82) is 0 Å². The summed E-state index contributed by atoms with van der Waals surface area (Å²) in [6.07, 6.45) is 0.496. The molecule has 0 aromatic heterocycles. The molecule has 1 aliphatic heterocycles. The monoisotopic (exact) mass is 248 g/mol. The van der Waals surface area contributed by atoms with Gasteiger partial charge in [0.25, 0.3) is 5.91 Å². The second-order valence-electron chi connectivity index (χ2n) is 4.35. The van der Waals surface area contributed by atoms with E-state index < -0.39 is 11.6 Å². The molecule has 1 aliphatic rings. The molecule has 0 bridgehead atoms. The summed E-state index contributed by atoms with van der Waals surface area (Å²) in [5, 5.41) is 4.99. The molecule has 96 valence electrons. The number of methoxy groups -OCH3 is 1. The Hall–Kier alpha value is -2.04. The molecule has 1 heterocycles. The van der Waals surface area contributed by atoms with E-state index in [9.17, 15) is 9.59 Å². The predicted molar refractivity (Wildman–Crippen MR) is 66.4 cm³/mol. The number of hydrogen-bond acceptors (Lipinski definition) is 3. The number of urea groups is 1. The van der Waals surface area contributed by atoms with Gasteiger partial charge in [0, 0.05) is 0 Å². The summed E-state index contributed by atoms with van der Waals surface area (Å²) in [6, 6.07) is 5.03. The van der Waals surface area contributed by atoms with Crippen LogP contribution in [0.3, 0.4) is 0 Å². The Morgan fingerprint density at radius 3 is 2.50 bits per heavy atom. The highest BCUT2D eigenvalue weighted by Crippen LogP contribution is 2.31. The normalized spacial score (nSPS) is 22.6. The van der Waals surface area contributed by atoms with Gasteiger partial charge < -0.3 is 10.1 Å². The van der Waals surface area contributed by atoms with Crippen LogP contribution in [0, 0.1) is 6.92 Å². The zero-order valence-electron chi connectivity index (χ0n) is 10.7. The maximum absolute atomic E-state index is 12.0. The summed E-state index contributed by atoms with van der Waals surface area (Å²) in [7, 11) is 1.60. The Morgan fingerprint density at radius 2 is 2.06 bits per heavy atom. The molecular formula is C13H16N2O3. The zero-order chi connectivity index (χ0) is 13.3. The van der Waals surface area contributed by atoms with Crippen molar-refractivity contribution in [2.45, 2.75) is 25.8 Å². The smallest absolute Gasteiger partial charge is 0.322 e. The van der Waals surface area contributed by atoms with E-state index in [0.29, 0.717) is 6.42 Å². The first-order chi connectivity index (χ1) is 8.53. The summed E-state index contributed by atoms with van der Waals surface area (Å²) in [6.45, 7) is 3.77. The SMILES string of the molecule is CC[C@]1(c2ccc(OC)c(C)c2)NC(=O)NC1=O. The first kappa shape index (κ1) is 12.4. The van der Waals surface area contributed by atoms with Crippen LogP contribution in [0.1, 0.15) is 24.5 Å². The highest BCUT2D eigenvalue weighted by molar-refractivity contribution is 6.07. The Labute approximate surface area is 106 Å². The molecule has 2 N–H and O–H groups in total. The molecule has 0 saturated carbocycles. The second kappa shape index (κ2) is 4.33. The molecule has 1 saturated heterocycles. The van der Waals surface area contributed by atoms with Crippen LogP contribution >= 0.6 is 0 Å². The number of aryl methyl sites for hydroxylation is 1. The van der Waals surface area contributed by atoms with Crippen molar-refractivity contribution >= 4 is 11.9 Å². The van der Waals surface area contributed by atoms with Crippen LogP contribution in [0.25, 0.3) is 0 Å². The lowest BCUT2D eigenvalue weighted by Gasteiger charge is -2.25. The molecule has 0 spiro atoms. The van der Waals surface area contributed by atoms with E-state index >= 15 is 0 Å². The average Bonchev–Trinajstić information content (AvgIpc) is 2.64. The summed E-state index contributed by atoms with van der Waals surface area (Å²) >= 11 is 0. The summed E-state index contributed by atoms with van der Waals surface area (Å²) in [5.74, 6) is 0.453. The van der Waals surface area contributed by atoms with Crippen LogP contribution in [0.4, 0.5) is 4.79 Å². The quantitative estimate of drug-likeness (QED) is 0.795. The van der Waals surface area contributed by atoms with Gasteiger partial charge in [-0.25, -0.2) is 4.79 Å². The molecule has 1 fully saturated rings. The number of imide groups is 1. The Bertz CT molecular complexity index is 513. The van der Waals surface area contributed by atoms with E-state index in [0.717, 1.165) is 16.9 Å². The van der Waals surface area contributed by atoms with Crippen molar-refractivity contribution in [1.82, 2.24) is 10.6 Å². The minimum absolute atomic E-state index is 0.306. The summed E-state index contributed by atoms with van der Waals surface area (Å²) < 4.78 is 5.19. The molecule has 5 heteroatoms. The van der Waals surface area contributed by atoms with Gasteiger partial charge in [-0.1, -0.05) is 13.0 Å². The van der Waals surface area contributed by atoms with Crippen LogP contribution in [0.15, 0.2) is 18.2 Å². The summed E-state index contributed by atoms with van der Waals surface area (Å²) in [4.78, 5) is 23.3. The number of benzene rings is 1. The van der Waals surface area contributed by atoms with Gasteiger partial charge in [0.15, 0.2) is 0 Å². The van der Waals surface area contributed by atoms with Crippen molar-refractivity contribution in [3.8, 4) is 5.75 Å². The van der Waals surface area contributed by atoms with Gasteiger partial charge in [0.2, 0.25) is 0 Å². The molecule has 1 atom stereocenters. The average molecular weight is 248 g/mol. The van der Waals surface area contributed by atoms with Crippen LogP contribution in [0.2, 0.25) is 0 Å². The van der Waals surface area contributed by atoms with Crippen molar-refractivity contribution in [3.63, 3.8) is 0 Å². The van der Waals surface area contributed by atoms with Gasteiger partial charge in [-0.05, 0) is 36.6 Å². The number of carbonyl (C=O) groups is 2. The van der Waals surface area contributed by atoms with Crippen molar-refractivity contribution < 1.29 is 14.3 Å². The number of ether oxygens (including phenoxy) is 1. The van der Waals surface area contributed by atoms with Gasteiger partial charge in [-0.2, -0.15) is 0 Å². The van der Waals surface area contributed by atoms with E-state index in [1.165, 1.54) is 0 Å². The molecule has 0 unspecified atom stereocenters. The molecule has 1 aromatic carbocycles. The van der Waals surface area contributed by atoms with Gasteiger partial charge in [-0.3, -0.25) is 10.1 Å². The fourth-order valence-corrected chi connectivity index (χ4v) is 2.29. The summed E-state index contributed by atoms with van der Waals surface area (Å²) in [5.41, 5.74) is 0.733. The molecule has 0 aliphatic carbocycles. The second-order valence-corrected chi connectivity index (χ2v) is 4.35. The molecule has 2 rings (SSSR count). The van der Waals surface area contributed by atoms with Crippen LogP contribution in [-0.4, -0.2) is 19.0 Å². The molecule has 1 aromatic rings. The third kappa shape index (κ3) is 1.72. The van der Waals surface area contributed by atoms with Crippen LogP contribution in [0.5, 0.6) is 5.75 Å². The number of rotatable bonds is 3. The van der Waals surface area contributed by atoms with Crippen molar-refractivity contribution in [2.24, 2.45) is 0 Å². The third-order valence-electron chi connectivity index (χ3n) is 3.36. The molecular weight excluding hydrogens is 232 g/mol. The van der Waals surface area contributed by atoms with E-state index in [-0.39, 0.29) is 5.91 Å². The van der Waals surface area contributed by atoms with Gasteiger partial charge in [0.1, 0.15) is 11.3 Å². The largest absolute Gasteiger partial charge is 0.496 e. The van der Waals surface area contributed by atoms with Crippen molar-refractivity contribution in [2.75, 3.05) is 7.11 Å². The van der Waals surface area contributed by atoms with Crippen molar-refractivity contribution in [3.05, 3.63) is 29.3 Å². The maximum atomic E-state index is 12.0. The number of hydrogen-bond donors (Lipinski definition) is 2. The Morgan fingerprint density at radius 1 is 1.33 bits per heavy atom. The highest BCUT2D eigenvalue weighted by Gasteiger charge is 2.46. The number of carbonyl (C=O) groups excluding carboxylic acids is 2. The van der Waals surface area contributed by atoms with E-state index in [2.05, 4.69) is 10.6 Å². The molecule has 18 heavy (non-hydrogen) atoms. The lowest BCUT2D eigenvalue weighted by Crippen LogP contribution is -2.43. The molecule has 3 amide bonds. The molecule has 0 radical (unpaired) electrons. The van der Waals surface area contributed by atoms with Gasteiger partial charge >= 0.3 is 6.03 Å². The fourth-order valence-electron chi connectivity index (χ4n) is 2.29. The fraction of sp³-hybridized carbons (Fsp3) is 0.385. The number of nitrogens with one attached hydrogen (secondary N) is 2. The lowest BCUT2D eigenvalue weighted by molar-refractivity contribution is -0.124.